The first-order valence-electron chi connectivity index (χ1n) is 10.3. The van der Waals surface area contributed by atoms with E-state index in [1.807, 2.05) is 13.0 Å². The lowest BCUT2D eigenvalue weighted by molar-refractivity contribution is 0.122. The zero-order valence-electron chi connectivity index (χ0n) is 17.9. The van der Waals surface area contributed by atoms with Crippen LogP contribution in [0.15, 0.2) is 48.5 Å². The molecule has 1 fully saturated rings. The Hall–Kier alpha value is -3.31. The van der Waals surface area contributed by atoms with Crippen molar-refractivity contribution in [3.63, 3.8) is 0 Å². The van der Waals surface area contributed by atoms with E-state index in [0.717, 1.165) is 42.8 Å². The predicted octanol–water partition coefficient (Wildman–Crippen LogP) is 3.59. The van der Waals surface area contributed by atoms with Crippen molar-refractivity contribution in [1.29, 1.82) is 0 Å². The Kier molecular flexibility index (Phi) is 6.70. The number of ether oxygens (including phenoxy) is 1. The summed E-state index contributed by atoms with van der Waals surface area (Å²) in [7, 11) is -3.94. The van der Waals surface area contributed by atoms with Crippen LogP contribution in [0.25, 0.3) is 0 Å². The Balaban J connectivity index is 1.43. The fraction of sp³-hybridized carbons (Fsp3) is 0.273. The van der Waals surface area contributed by atoms with Gasteiger partial charge in [-0.1, -0.05) is 0 Å². The number of aryl methyl sites for hydroxylation is 1. The van der Waals surface area contributed by atoms with Gasteiger partial charge < -0.3 is 15.0 Å². The number of rotatable bonds is 7. The molecule has 0 aliphatic carbocycles. The van der Waals surface area contributed by atoms with Gasteiger partial charge in [0.05, 0.1) is 19.0 Å². The molecule has 4 rings (SSSR count). The third kappa shape index (κ3) is 6.14. The van der Waals surface area contributed by atoms with E-state index in [-0.39, 0.29) is 11.3 Å². The quantitative estimate of drug-likeness (QED) is 0.539. The van der Waals surface area contributed by atoms with Crippen LogP contribution in [0, 0.1) is 18.6 Å². The monoisotopic (exact) mass is 475 g/mol. The van der Waals surface area contributed by atoms with Crippen molar-refractivity contribution in [2.24, 2.45) is 0 Å². The summed E-state index contributed by atoms with van der Waals surface area (Å²) in [5.74, 6) is -0.935. The highest BCUT2D eigenvalue weighted by atomic mass is 32.2. The third-order valence-electron chi connectivity index (χ3n) is 4.94. The molecule has 11 heteroatoms. The molecule has 3 aromatic rings. The first-order chi connectivity index (χ1) is 15.8. The average Bonchev–Trinajstić information content (AvgIpc) is 2.77. The van der Waals surface area contributed by atoms with Gasteiger partial charge in [0.25, 0.3) is 0 Å². The molecule has 0 amide bonds. The van der Waals surface area contributed by atoms with Gasteiger partial charge >= 0.3 is 0 Å². The fourth-order valence-electron chi connectivity index (χ4n) is 3.39. The van der Waals surface area contributed by atoms with Crippen molar-refractivity contribution in [2.75, 3.05) is 41.2 Å². The van der Waals surface area contributed by atoms with Crippen molar-refractivity contribution in [2.45, 2.75) is 12.7 Å². The summed E-state index contributed by atoms with van der Waals surface area (Å²) in [6.45, 7) is 4.69. The second-order valence-corrected chi connectivity index (χ2v) is 9.31. The second kappa shape index (κ2) is 9.67. The molecular weight excluding hydrogens is 452 g/mol. The molecule has 2 N–H and O–H groups in total. The van der Waals surface area contributed by atoms with Crippen molar-refractivity contribution in [3.8, 4) is 0 Å². The largest absolute Gasteiger partial charge is 0.378 e. The van der Waals surface area contributed by atoms with Gasteiger partial charge in [0.1, 0.15) is 17.5 Å². The number of aromatic nitrogens is 2. The molecule has 0 radical (unpaired) electrons. The molecule has 0 unspecified atom stereocenters. The number of hydrogen-bond donors (Lipinski definition) is 2. The van der Waals surface area contributed by atoms with E-state index in [1.54, 1.807) is 24.3 Å². The Morgan fingerprint density at radius 1 is 1.00 bits per heavy atom. The normalized spacial score (nSPS) is 14.2. The van der Waals surface area contributed by atoms with Crippen LogP contribution < -0.4 is 14.9 Å². The topological polar surface area (TPSA) is 96.5 Å². The second-order valence-electron chi connectivity index (χ2n) is 7.59. The number of sulfonamides is 1. The summed E-state index contributed by atoms with van der Waals surface area (Å²) >= 11 is 0. The van der Waals surface area contributed by atoms with Gasteiger partial charge in [-0.15, -0.1) is 0 Å². The standard InChI is InChI=1S/C22H23F2N5O3S/c1-15-12-21(29-8-10-32-11-9-29)27-22(25-15)26-18-3-5-19(6-4-18)28-33(30,31)14-16-13-17(23)2-7-20(16)24/h2-7,12-13,28H,8-11,14H2,1H3,(H,25,26,27). The number of nitrogens with one attached hydrogen (secondary N) is 2. The lowest BCUT2D eigenvalue weighted by atomic mass is 10.2. The molecule has 1 aliphatic heterocycles. The number of nitrogens with zero attached hydrogens (tertiary/aromatic N) is 3. The number of benzene rings is 2. The first kappa shape index (κ1) is 22.9. The van der Waals surface area contributed by atoms with E-state index in [4.69, 9.17) is 4.74 Å². The zero-order chi connectivity index (χ0) is 23.4. The van der Waals surface area contributed by atoms with Crippen LogP contribution >= 0.6 is 0 Å². The van der Waals surface area contributed by atoms with Crippen LogP contribution in [0.2, 0.25) is 0 Å². The maximum atomic E-state index is 13.8. The van der Waals surface area contributed by atoms with Crippen LogP contribution in [-0.4, -0.2) is 44.7 Å². The van der Waals surface area contributed by atoms with Crippen molar-refractivity contribution >= 4 is 33.2 Å². The van der Waals surface area contributed by atoms with Crippen LogP contribution in [0.4, 0.5) is 31.9 Å². The lowest BCUT2D eigenvalue weighted by Crippen LogP contribution is -2.36. The molecule has 1 aliphatic rings. The zero-order valence-corrected chi connectivity index (χ0v) is 18.7. The van der Waals surface area contributed by atoms with Gasteiger partial charge in [0.2, 0.25) is 16.0 Å². The third-order valence-corrected chi connectivity index (χ3v) is 6.18. The van der Waals surface area contributed by atoms with E-state index < -0.39 is 27.4 Å². The van der Waals surface area contributed by atoms with Gasteiger partial charge in [-0.05, 0) is 49.4 Å². The molecule has 0 saturated carbocycles. The molecule has 0 spiro atoms. The smallest absolute Gasteiger partial charge is 0.237 e. The number of hydrogen-bond acceptors (Lipinski definition) is 7. The average molecular weight is 476 g/mol. The maximum absolute atomic E-state index is 13.8. The maximum Gasteiger partial charge on any atom is 0.237 e. The SMILES string of the molecule is Cc1cc(N2CCOCC2)nc(Nc2ccc(NS(=O)(=O)Cc3cc(F)ccc3F)cc2)n1. The molecule has 8 nitrogen and oxygen atoms in total. The van der Waals surface area contributed by atoms with E-state index >= 15 is 0 Å². The number of morpholine rings is 1. The minimum absolute atomic E-state index is 0.242. The predicted molar refractivity (Wildman–Crippen MR) is 122 cm³/mol. The Bertz CT molecular complexity index is 1230. The van der Waals surface area contributed by atoms with E-state index in [0.29, 0.717) is 24.8 Å². The molecule has 174 valence electrons. The first-order valence-corrected chi connectivity index (χ1v) is 11.9. The van der Waals surface area contributed by atoms with Gasteiger partial charge in [-0.2, -0.15) is 4.98 Å². The van der Waals surface area contributed by atoms with Crippen LogP contribution in [0.5, 0.6) is 0 Å². The number of halogens is 2. The van der Waals surface area contributed by atoms with Crippen molar-refractivity contribution < 1.29 is 21.9 Å². The van der Waals surface area contributed by atoms with Gasteiger partial charge in [-0.25, -0.2) is 22.2 Å². The molecule has 0 bridgehead atoms. The summed E-state index contributed by atoms with van der Waals surface area (Å²) < 4.78 is 59.6. The summed E-state index contributed by atoms with van der Waals surface area (Å²) in [6.07, 6.45) is 0. The van der Waals surface area contributed by atoms with Crippen LogP contribution in [0.3, 0.4) is 0 Å². The molecule has 1 saturated heterocycles. The summed E-state index contributed by atoms with van der Waals surface area (Å²) in [5, 5.41) is 3.12. The van der Waals surface area contributed by atoms with Crippen molar-refractivity contribution in [3.05, 3.63) is 71.4 Å². The molecule has 0 atom stereocenters. The molecule has 1 aromatic heterocycles. The highest BCUT2D eigenvalue weighted by Crippen LogP contribution is 2.22. The fourth-order valence-corrected chi connectivity index (χ4v) is 4.59. The van der Waals surface area contributed by atoms with Crippen molar-refractivity contribution in [1.82, 2.24) is 9.97 Å². The molecule has 33 heavy (non-hydrogen) atoms. The highest BCUT2D eigenvalue weighted by Gasteiger charge is 2.17. The van der Waals surface area contributed by atoms with E-state index in [9.17, 15) is 17.2 Å². The summed E-state index contributed by atoms with van der Waals surface area (Å²) in [6, 6.07) is 11.1. The van der Waals surface area contributed by atoms with E-state index in [1.165, 1.54) is 0 Å². The Morgan fingerprint density at radius 2 is 1.70 bits per heavy atom. The molecule has 2 aromatic carbocycles. The van der Waals surface area contributed by atoms with Crippen LogP contribution in [0.1, 0.15) is 11.3 Å². The minimum Gasteiger partial charge on any atom is -0.378 e. The van der Waals surface area contributed by atoms with Gasteiger partial charge in [0.15, 0.2) is 0 Å². The number of anilines is 4. The lowest BCUT2D eigenvalue weighted by Gasteiger charge is -2.28. The van der Waals surface area contributed by atoms with Gasteiger partial charge in [0, 0.05) is 41.8 Å². The summed E-state index contributed by atoms with van der Waals surface area (Å²) in [4.78, 5) is 11.1. The van der Waals surface area contributed by atoms with Crippen LogP contribution in [-0.2, 0) is 20.5 Å². The minimum atomic E-state index is -3.94. The van der Waals surface area contributed by atoms with Gasteiger partial charge in [-0.3, -0.25) is 4.72 Å². The Morgan fingerprint density at radius 3 is 2.42 bits per heavy atom. The highest BCUT2D eigenvalue weighted by molar-refractivity contribution is 7.91. The van der Waals surface area contributed by atoms with E-state index in [2.05, 4.69) is 24.9 Å². The molecule has 2 heterocycles. The molecular formula is C22H23F2N5O3S. The Labute approximate surface area is 190 Å². The summed E-state index contributed by atoms with van der Waals surface area (Å²) in [5.41, 5.74) is 1.51.